The SMILES string of the molecule is CC(C)(C)O[C@@]1(CCO[Si](C)(C)C)C[C@@H](CO[Si](C)(C)C)OC1=O. The number of carbonyl (C=O) groups is 1. The number of hydrogen-bond acceptors (Lipinski definition) is 5. The van der Waals surface area contributed by atoms with E-state index in [0.717, 1.165) is 0 Å². The normalized spacial score (nSPS) is 25.9. The molecule has 0 bridgehead atoms. The van der Waals surface area contributed by atoms with Gasteiger partial charge in [-0.15, -0.1) is 0 Å². The molecule has 0 aromatic heterocycles. The van der Waals surface area contributed by atoms with E-state index in [1.54, 1.807) is 0 Å². The monoisotopic (exact) mass is 376 g/mol. The number of hydrogen-bond donors (Lipinski definition) is 0. The minimum Gasteiger partial charge on any atom is -0.458 e. The highest BCUT2D eigenvalue weighted by Gasteiger charge is 2.52. The van der Waals surface area contributed by atoms with Gasteiger partial charge in [0.05, 0.1) is 12.2 Å². The van der Waals surface area contributed by atoms with E-state index >= 15 is 0 Å². The van der Waals surface area contributed by atoms with Crippen molar-refractivity contribution in [3.63, 3.8) is 0 Å². The Kier molecular flexibility index (Phi) is 6.89. The van der Waals surface area contributed by atoms with Gasteiger partial charge in [0, 0.05) is 19.4 Å². The summed E-state index contributed by atoms with van der Waals surface area (Å²) in [6.07, 6.45) is 0.817. The first-order valence-electron chi connectivity index (χ1n) is 8.81. The molecule has 5 nitrogen and oxygen atoms in total. The Morgan fingerprint density at radius 1 is 1.08 bits per heavy atom. The van der Waals surface area contributed by atoms with Crippen molar-refractivity contribution in [2.75, 3.05) is 13.2 Å². The van der Waals surface area contributed by atoms with Gasteiger partial charge in [0.2, 0.25) is 0 Å². The zero-order chi connectivity index (χ0) is 18.8. The maximum atomic E-state index is 12.6. The summed E-state index contributed by atoms with van der Waals surface area (Å²) in [4.78, 5) is 12.6. The smallest absolute Gasteiger partial charge is 0.339 e. The fourth-order valence-corrected chi connectivity index (χ4v) is 4.03. The third kappa shape index (κ3) is 7.78. The second kappa shape index (κ2) is 7.57. The van der Waals surface area contributed by atoms with Gasteiger partial charge in [0.15, 0.2) is 22.2 Å². The Bertz CT molecular complexity index is 434. The Morgan fingerprint density at radius 3 is 2.08 bits per heavy atom. The van der Waals surface area contributed by atoms with Crippen molar-refractivity contribution in [1.82, 2.24) is 0 Å². The average molecular weight is 377 g/mol. The van der Waals surface area contributed by atoms with Crippen molar-refractivity contribution in [3.05, 3.63) is 0 Å². The first kappa shape index (κ1) is 21.8. The second-order valence-corrected chi connectivity index (χ2v) is 18.6. The van der Waals surface area contributed by atoms with Crippen LogP contribution in [0.4, 0.5) is 0 Å². The van der Waals surface area contributed by atoms with Gasteiger partial charge in [-0.3, -0.25) is 0 Å². The molecular formula is C17H36O5Si2. The van der Waals surface area contributed by atoms with Crippen LogP contribution in [0.3, 0.4) is 0 Å². The van der Waals surface area contributed by atoms with Crippen molar-refractivity contribution < 1.29 is 23.1 Å². The molecule has 0 unspecified atom stereocenters. The summed E-state index contributed by atoms with van der Waals surface area (Å²) in [5.74, 6) is -0.277. The third-order valence-corrected chi connectivity index (χ3v) is 5.55. The molecule has 7 heteroatoms. The van der Waals surface area contributed by atoms with E-state index in [4.69, 9.17) is 18.3 Å². The lowest BCUT2D eigenvalue weighted by Crippen LogP contribution is -2.45. The number of carbonyl (C=O) groups excluding carboxylic acids is 1. The number of ether oxygens (including phenoxy) is 2. The van der Waals surface area contributed by atoms with Crippen LogP contribution in [0.1, 0.15) is 33.6 Å². The number of cyclic esters (lactones) is 1. The van der Waals surface area contributed by atoms with Crippen LogP contribution in [0.15, 0.2) is 0 Å². The van der Waals surface area contributed by atoms with E-state index in [1.807, 2.05) is 20.8 Å². The molecule has 24 heavy (non-hydrogen) atoms. The van der Waals surface area contributed by atoms with Crippen LogP contribution >= 0.6 is 0 Å². The predicted molar refractivity (Wildman–Crippen MR) is 101 cm³/mol. The summed E-state index contributed by atoms with van der Waals surface area (Å²) < 4.78 is 23.7. The molecule has 0 N–H and O–H groups in total. The maximum absolute atomic E-state index is 12.6. The molecule has 0 radical (unpaired) electrons. The van der Waals surface area contributed by atoms with Gasteiger partial charge in [-0.25, -0.2) is 4.79 Å². The standard InChI is InChI=1S/C17H36O5Si2/c1-16(2,3)22-17(10-11-19-23(4,5)6)12-14(21-15(17)18)13-20-24(7,8)9/h14H,10-13H2,1-9H3/t14-,17-/m0/s1. The molecule has 1 fully saturated rings. The molecule has 0 aliphatic carbocycles. The van der Waals surface area contributed by atoms with Gasteiger partial charge in [-0.1, -0.05) is 0 Å². The molecule has 1 heterocycles. The molecule has 1 aliphatic heterocycles. The summed E-state index contributed by atoms with van der Waals surface area (Å²) in [5, 5.41) is 0. The molecule has 142 valence electrons. The largest absolute Gasteiger partial charge is 0.458 e. The summed E-state index contributed by atoms with van der Waals surface area (Å²) in [6.45, 7) is 19.7. The Morgan fingerprint density at radius 2 is 1.62 bits per heavy atom. The van der Waals surface area contributed by atoms with E-state index in [0.29, 0.717) is 26.1 Å². The fourth-order valence-electron chi connectivity index (χ4n) is 2.63. The lowest BCUT2D eigenvalue weighted by atomic mass is 9.94. The summed E-state index contributed by atoms with van der Waals surface area (Å²) >= 11 is 0. The minimum atomic E-state index is -1.64. The summed E-state index contributed by atoms with van der Waals surface area (Å²) in [7, 11) is -3.27. The van der Waals surface area contributed by atoms with Crippen molar-refractivity contribution in [3.8, 4) is 0 Å². The van der Waals surface area contributed by atoms with Crippen molar-refractivity contribution in [2.45, 2.75) is 90.2 Å². The van der Waals surface area contributed by atoms with Crippen LogP contribution in [0.2, 0.25) is 39.3 Å². The Balaban J connectivity index is 2.79. The van der Waals surface area contributed by atoms with Gasteiger partial charge in [0.25, 0.3) is 0 Å². The van der Waals surface area contributed by atoms with Crippen LogP contribution in [0.25, 0.3) is 0 Å². The molecule has 1 rings (SSSR count). The van der Waals surface area contributed by atoms with Crippen LogP contribution in [-0.4, -0.2) is 53.1 Å². The van der Waals surface area contributed by atoms with E-state index in [1.165, 1.54) is 0 Å². The molecule has 0 amide bonds. The average Bonchev–Trinajstić information content (AvgIpc) is 2.59. The van der Waals surface area contributed by atoms with Gasteiger partial charge in [-0.05, 0) is 60.1 Å². The highest BCUT2D eigenvalue weighted by molar-refractivity contribution is 6.70. The van der Waals surface area contributed by atoms with Gasteiger partial charge >= 0.3 is 5.97 Å². The van der Waals surface area contributed by atoms with Gasteiger partial charge < -0.3 is 18.3 Å². The van der Waals surface area contributed by atoms with Crippen LogP contribution < -0.4 is 0 Å². The van der Waals surface area contributed by atoms with Crippen LogP contribution in [-0.2, 0) is 23.1 Å². The van der Waals surface area contributed by atoms with Crippen LogP contribution in [0.5, 0.6) is 0 Å². The van der Waals surface area contributed by atoms with Crippen molar-refractivity contribution in [2.24, 2.45) is 0 Å². The molecule has 2 atom stereocenters. The third-order valence-electron chi connectivity index (χ3n) is 3.45. The summed E-state index contributed by atoms with van der Waals surface area (Å²) in [5.41, 5.74) is -1.35. The summed E-state index contributed by atoms with van der Waals surface area (Å²) in [6, 6.07) is 0. The van der Waals surface area contributed by atoms with Crippen LogP contribution in [0, 0.1) is 0 Å². The highest BCUT2D eigenvalue weighted by atomic mass is 28.4. The number of rotatable bonds is 8. The van der Waals surface area contributed by atoms with E-state index in [-0.39, 0.29) is 12.1 Å². The van der Waals surface area contributed by atoms with Crippen molar-refractivity contribution >= 4 is 22.6 Å². The van der Waals surface area contributed by atoms with E-state index in [9.17, 15) is 4.79 Å². The first-order valence-corrected chi connectivity index (χ1v) is 15.6. The quantitative estimate of drug-likeness (QED) is 0.474. The maximum Gasteiger partial charge on any atom is 0.339 e. The minimum absolute atomic E-state index is 0.238. The molecular weight excluding hydrogens is 340 g/mol. The predicted octanol–water partition coefficient (Wildman–Crippen LogP) is 3.95. The molecule has 0 aromatic carbocycles. The molecule has 0 spiro atoms. The number of esters is 1. The highest BCUT2D eigenvalue weighted by Crippen LogP contribution is 2.37. The lowest BCUT2D eigenvalue weighted by Gasteiger charge is -2.34. The fraction of sp³-hybridized carbons (Fsp3) is 0.941. The molecule has 0 aromatic rings. The van der Waals surface area contributed by atoms with Gasteiger partial charge in [-0.2, -0.15) is 0 Å². The Hall–Kier alpha value is -0.216. The first-order chi connectivity index (χ1) is 10.6. The van der Waals surface area contributed by atoms with Crippen molar-refractivity contribution in [1.29, 1.82) is 0 Å². The Labute approximate surface area is 149 Å². The molecule has 0 saturated carbocycles. The zero-order valence-corrected chi connectivity index (χ0v) is 18.9. The molecule has 1 aliphatic rings. The molecule has 1 saturated heterocycles. The topological polar surface area (TPSA) is 54.0 Å². The second-order valence-electron chi connectivity index (χ2n) is 9.57. The zero-order valence-electron chi connectivity index (χ0n) is 16.9. The van der Waals surface area contributed by atoms with E-state index in [2.05, 4.69) is 39.3 Å². The van der Waals surface area contributed by atoms with E-state index < -0.39 is 27.8 Å². The van der Waals surface area contributed by atoms with Gasteiger partial charge in [0.1, 0.15) is 6.10 Å². The lowest BCUT2D eigenvalue weighted by molar-refractivity contribution is -0.177.